The summed E-state index contributed by atoms with van der Waals surface area (Å²) in [7, 11) is 0. The van der Waals surface area contributed by atoms with E-state index in [1.165, 1.54) is 6.33 Å². The van der Waals surface area contributed by atoms with Crippen molar-refractivity contribution in [1.82, 2.24) is 15.2 Å². The molecule has 0 spiro atoms. The smallest absolute Gasteiger partial charge is 0.248 e. The summed E-state index contributed by atoms with van der Waals surface area (Å²) in [5.74, 6) is -2.06. The molecule has 1 saturated carbocycles. The SMILES string of the molecule is NC1(c2ncn[nH]2)CCC(F)(F)CC1. The predicted octanol–water partition coefficient (Wildman–Crippen LogP) is 1.17. The van der Waals surface area contributed by atoms with E-state index in [1.807, 2.05) is 0 Å². The Morgan fingerprint density at radius 3 is 2.43 bits per heavy atom. The molecule has 0 atom stereocenters. The molecule has 0 aromatic carbocycles. The molecule has 1 aromatic heterocycles. The molecule has 0 saturated heterocycles. The van der Waals surface area contributed by atoms with E-state index in [0.717, 1.165) is 0 Å². The molecule has 14 heavy (non-hydrogen) atoms. The first-order valence-electron chi connectivity index (χ1n) is 4.54. The van der Waals surface area contributed by atoms with Crippen molar-refractivity contribution >= 4 is 0 Å². The monoisotopic (exact) mass is 202 g/mol. The van der Waals surface area contributed by atoms with Crippen LogP contribution in [-0.2, 0) is 5.54 Å². The minimum absolute atomic E-state index is 0.176. The zero-order valence-corrected chi connectivity index (χ0v) is 7.63. The van der Waals surface area contributed by atoms with Gasteiger partial charge in [0.25, 0.3) is 0 Å². The number of halogens is 2. The molecule has 1 fully saturated rings. The summed E-state index contributed by atoms with van der Waals surface area (Å²) < 4.78 is 25.8. The first kappa shape index (κ1) is 9.51. The maximum Gasteiger partial charge on any atom is 0.248 e. The fourth-order valence-electron chi connectivity index (χ4n) is 1.74. The highest BCUT2D eigenvalue weighted by Gasteiger charge is 2.43. The summed E-state index contributed by atoms with van der Waals surface area (Å²) in [5, 5.41) is 6.32. The van der Waals surface area contributed by atoms with E-state index in [0.29, 0.717) is 5.82 Å². The molecule has 1 aliphatic rings. The number of rotatable bonds is 1. The lowest BCUT2D eigenvalue weighted by Crippen LogP contribution is -2.44. The van der Waals surface area contributed by atoms with Crippen molar-refractivity contribution in [1.29, 1.82) is 0 Å². The Bertz CT molecular complexity index is 299. The Kier molecular flexibility index (Phi) is 2.02. The van der Waals surface area contributed by atoms with E-state index in [4.69, 9.17) is 5.73 Å². The number of nitrogens with zero attached hydrogens (tertiary/aromatic N) is 2. The van der Waals surface area contributed by atoms with Crippen molar-refractivity contribution < 1.29 is 8.78 Å². The van der Waals surface area contributed by atoms with Gasteiger partial charge in [0.2, 0.25) is 5.92 Å². The second kappa shape index (κ2) is 2.98. The summed E-state index contributed by atoms with van der Waals surface area (Å²) in [6, 6.07) is 0. The fourth-order valence-corrected chi connectivity index (χ4v) is 1.74. The van der Waals surface area contributed by atoms with Gasteiger partial charge < -0.3 is 5.73 Å². The van der Waals surface area contributed by atoms with Crippen LogP contribution in [0.4, 0.5) is 8.78 Å². The quantitative estimate of drug-likeness (QED) is 0.718. The summed E-state index contributed by atoms with van der Waals surface area (Å²) >= 11 is 0. The van der Waals surface area contributed by atoms with Crippen LogP contribution in [0.5, 0.6) is 0 Å². The lowest BCUT2D eigenvalue weighted by molar-refractivity contribution is -0.0524. The third-order valence-corrected chi connectivity index (χ3v) is 2.76. The first-order chi connectivity index (χ1) is 6.52. The minimum Gasteiger partial charge on any atom is -0.319 e. The van der Waals surface area contributed by atoms with Crippen LogP contribution in [0.2, 0.25) is 0 Å². The molecule has 0 bridgehead atoms. The van der Waals surface area contributed by atoms with Crippen LogP contribution in [0.25, 0.3) is 0 Å². The van der Waals surface area contributed by atoms with Gasteiger partial charge in [0, 0.05) is 12.8 Å². The molecule has 6 heteroatoms. The van der Waals surface area contributed by atoms with Crippen molar-refractivity contribution in [2.75, 3.05) is 0 Å². The Morgan fingerprint density at radius 1 is 1.29 bits per heavy atom. The van der Waals surface area contributed by atoms with Gasteiger partial charge in [-0.3, -0.25) is 5.10 Å². The average Bonchev–Trinajstić information content (AvgIpc) is 2.64. The molecule has 3 N–H and O–H groups in total. The second-order valence-electron chi connectivity index (χ2n) is 3.85. The molecule has 4 nitrogen and oxygen atoms in total. The Balaban J connectivity index is 2.13. The minimum atomic E-state index is -2.57. The Morgan fingerprint density at radius 2 is 1.93 bits per heavy atom. The highest BCUT2D eigenvalue weighted by atomic mass is 19.3. The van der Waals surface area contributed by atoms with E-state index < -0.39 is 11.5 Å². The zero-order chi connectivity index (χ0) is 10.2. The Labute approximate surface area is 79.9 Å². The van der Waals surface area contributed by atoms with Gasteiger partial charge in [-0.1, -0.05) is 0 Å². The number of aromatic amines is 1. The van der Waals surface area contributed by atoms with Crippen LogP contribution >= 0.6 is 0 Å². The van der Waals surface area contributed by atoms with Crippen molar-refractivity contribution in [2.24, 2.45) is 5.73 Å². The summed E-state index contributed by atoms with van der Waals surface area (Å²) in [5.41, 5.74) is 5.23. The average molecular weight is 202 g/mol. The molecule has 1 aromatic rings. The van der Waals surface area contributed by atoms with Gasteiger partial charge >= 0.3 is 0 Å². The van der Waals surface area contributed by atoms with E-state index in [-0.39, 0.29) is 25.7 Å². The topological polar surface area (TPSA) is 67.6 Å². The molecule has 78 valence electrons. The normalized spacial score (nSPS) is 24.8. The van der Waals surface area contributed by atoms with Crippen molar-refractivity contribution in [3.63, 3.8) is 0 Å². The third-order valence-electron chi connectivity index (χ3n) is 2.76. The number of hydrogen-bond acceptors (Lipinski definition) is 3. The Hall–Kier alpha value is -1.04. The van der Waals surface area contributed by atoms with Gasteiger partial charge in [-0.05, 0) is 12.8 Å². The lowest BCUT2D eigenvalue weighted by Gasteiger charge is -2.35. The number of alkyl halides is 2. The molecule has 0 aliphatic heterocycles. The number of nitrogens with two attached hydrogens (primary N) is 1. The van der Waals surface area contributed by atoms with E-state index in [9.17, 15) is 8.78 Å². The number of nitrogens with one attached hydrogen (secondary N) is 1. The van der Waals surface area contributed by atoms with Crippen LogP contribution in [0, 0.1) is 0 Å². The van der Waals surface area contributed by atoms with E-state index >= 15 is 0 Å². The molecule has 2 rings (SSSR count). The van der Waals surface area contributed by atoms with Crippen molar-refractivity contribution in [3.8, 4) is 0 Å². The molecule has 0 unspecified atom stereocenters. The number of H-pyrrole nitrogens is 1. The van der Waals surface area contributed by atoms with Crippen molar-refractivity contribution in [2.45, 2.75) is 37.1 Å². The van der Waals surface area contributed by atoms with Crippen LogP contribution in [0.3, 0.4) is 0 Å². The van der Waals surface area contributed by atoms with Crippen molar-refractivity contribution in [3.05, 3.63) is 12.2 Å². The maximum absolute atomic E-state index is 12.9. The molecular weight excluding hydrogens is 190 g/mol. The van der Waals surface area contributed by atoms with Crippen LogP contribution in [-0.4, -0.2) is 21.1 Å². The zero-order valence-electron chi connectivity index (χ0n) is 7.63. The fraction of sp³-hybridized carbons (Fsp3) is 0.750. The molecule has 1 aliphatic carbocycles. The summed E-state index contributed by atoms with van der Waals surface area (Å²) in [6.45, 7) is 0. The standard InChI is InChI=1S/C8H12F2N4/c9-8(10)3-1-7(11,2-4-8)6-12-5-13-14-6/h5H,1-4,11H2,(H,12,13,14). The number of aromatic nitrogens is 3. The summed E-state index contributed by atoms with van der Waals surface area (Å²) in [6.07, 6.45) is 1.48. The van der Waals surface area contributed by atoms with Gasteiger partial charge in [0.05, 0.1) is 5.54 Å². The highest BCUT2D eigenvalue weighted by molar-refractivity contribution is 5.05. The second-order valence-corrected chi connectivity index (χ2v) is 3.85. The van der Waals surface area contributed by atoms with E-state index in [2.05, 4.69) is 15.2 Å². The number of hydrogen-bond donors (Lipinski definition) is 2. The molecule has 0 amide bonds. The van der Waals surface area contributed by atoms with Crippen LogP contribution in [0.1, 0.15) is 31.5 Å². The first-order valence-corrected chi connectivity index (χ1v) is 4.54. The predicted molar refractivity (Wildman–Crippen MR) is 45.7 cm³/mol. The van der Waals surface area contributed by atoms with E-state index in [1.54, 1.807) is 0 Å². The molecule has 1 heterocycles. The lowest BCUT2D eigenvalue weighted by atomic mass is 9.80. The van der Waals surface area contributed by atoms with Gasteiger partial charge in [-0.2, -0.15) is 5.10 Å². The van der Waals surface area contributed by atoms with Gasteiger partial charge in [-0.15, -0.1) is 0 Å². The summed E-state index contributed by atoms with van der Waals surface area (Å²) in [4.78, 5) is 3.92. The van der Waals surface area contributed by atoms with Gasteiger partial charge in [0.15, 0.2) is 0 Å². The highest BCUT2D eigenvalue weighted by Crippen LogP contribution is 2.40. The van der Waals surface area contributed by atoms with Crippen LogP contribution in [0.15, 0.2) is 6.33 Å². The largest absolute Gasteiger partial charge is 0.319 e. The van der Waals surface area contributed by atoms with Crippen LogP contribution < -0.4 is 5.73 Å². The molecular formula is C8H12F2N4. The van der Waals surface area contributed by atoms with Gasteiger partial charge in [0.1, 0.15) is 12.2 Å². The third kappa shape index (κ3) is 1.61. The van der Waals surface area contributed by atoms with Gasteiger partial charge in [-0.25, -0.2) is 13.8 Å². The maximum atomic E-state index is 12.9. The molecule has 0 radical (unpaired) electrons.